The van der Waals surface area contributed by atoms with E-state index in [4.69, 9.17) is 4.74 Å². The lowest BCUT2D eigenvalue weighted by Crippen LogP contribution is -2.26. The summed E-state index contributed by atoms with van der Waals surface area (Å²) in [7, 11) is -0.876. The molecule has 0 spiro atoms. The third kappa shape index (κ3) is 4.70. The number of carbonyl (C=O) groups excluding carboxylic acids is 1. The molecule has 168 valence electrons. The molecule has 1 amide bonds. The van der Waals surface area contributed by atoms with Crippen LogP contribution in [0.3, 0.4) is 0 Å². The van der Waals surface area contributed by atoms with E-state index < -0.39 is 15.9 Å². The molecule has 0 aliphatic carbocycles. The van der Waals surface area contributed by atoms with E-state index in [1.54, 1.807) is 65.6 Å². The van der Waals surface area contributed by atoms with Gasteiger partial charge in [0, 0.05) is 18.3 Å². The Balaban J connectivity index is 1.52. The van der Waals surface area contributed by atoms with Gasteiger partial charge in [0.2, 0.25) is 0 Å². The molecule has 0 aliphatic heterocycles. The van der Waals surface area contributed by atoms with Gasteiger partial charge in [0.1, 0.15) is 18.4 Å². The number of hydrogen-bond donors (Lipinski definition) is 1. The fourth-order valence-corrected chi connectivity index (χ4v) is 4.37. The van der Waals surface area contributed by atoms with Crippen molar-refractivity contribution >= 4 is 27.3 Å². The molecule has 10 heteroatoms. The average Bonchev–Trinajstić information content (AvgIpc) is 3.39. The van der Waals surface area contributed by atoms with Crippen LogP contribution in [0.15, 0.2) is 90.3 Å². The van der Waals surface area contributed by atoms with Crippen LogP contribution < -0.4 is 14.4 Å². The number of anilines is 2. The largest absolute Gasteiger partial charge is 0.497 e. The van der Waals surface area contributed by atoms with Crippen LogP contribution in [0.2, 0.25) is 0 Å². The van der Waals surface area contributed by atoms with Crippen molar-refractivity contribution in [2.45, 2.75) is 4.90 Å². The first kappa shape index (κ1) is 22.0. The Bertz CT molecular complexity index is 1350. The van der Waals surface area contributed by atoms with E-state index in [1.165, 1.54) is 38.7 Å². The second kappa shape index (κ2) is 9.13. The lowest BCUT2D eigenvalue weighted by Gasteiger charge is -2.20. The lowest BCUT2D eigenvalue weighted by molar-refractivity contribution is 0.102. The summed E-state index contributed by atoms with van der Waals surface area (Å²) >= 11 is 0. The molecule has 3 aromatic carbocycles. The van der Waals surface area contributed by atoms with Gasteiger partial charge in [-0.15, -0.1) is 0 Å². The minimum Gasteiger partial charge on any atom is -0.497 e. The van der Waals surface area contributed by atoms with Crippen molar-refractivity contribution in [3.05, 3.63) is 91.0 Å². The summed E-state index contributed by atoms with van der Waals surface area (Å²) in [5.74, 6) is 0.199. The summed E-state index contributed by atoms with van der Waals surface area (Å²) in [4.78, 5) is 16.7. The van der Waals surface area contributed by atoms with Crippen molar-refractivity contribution in [1.29, 1.82) is 0 Å². The van der Waals surface area contributed by atoms with Crippen LogP contribution in [-0.4, -0.2) is 43.2 Å². The Morgan fingerprint density at radius 2 is 1.76 bits per heavy atom. The van der Waals surface area contributed by atoms with E-state index in [-0.39, 0.29) is 10.5 Å². The van der Waals surface area contributed by atoms with Gasteiger partial charge in [0.15, 0.2) is 0 Å². The number of rotatable bonds is 7. The summed E-state index contributed by atoms with van der Waals surface area (Å²) < 4.78 is 34.1. The third-order valence-electron chi connectivity index (χ3n) is 5.00. The Labute approximate surface area is 191 Å². The predicted molar refractivity (Wildman–Crippen MR) is 124 cm³/mol. The van der Waals surface area contributed by atoms with Crippen molar-refractivity contribution in [2.75, 3.05) is 23.8 Å². The van der Waals surface area contributed by atoms with Crippen molar-refractivity contribution in [3.63, 3.8) is 0 Å². The summed E-state index contributed by atoms with van der Waals surface area (Å²) in [5, 5.41) is 6.83. The SMILES string of the molecule is COc1ccc(N(C)S(=O)(=O)c2cccc(C(=O)Nc3ccc(-n4cncn4)cc3)c2)cc1. The van der Waals surface area contributed by atoms with Crippen molar-refractivity contribution < 1.29 is 17.9 Å². The van der Waals surface area contributed by atoms with Crippen molar-refractivity contribution in [1.82, 2.24) is 14.8 Å². The number of hydrogen-bond acceptors (Lipinski definition) is 6. The standard InChI is InChI=1S/C23H21N5O4S/c1-27(19-10-12-21(32-2)13-11-19)33(30,31)22-5-3-4-17(14-22)23(29)26-18-6-8-20(9-7-18)28-16-24-15-25-28/h3-16H,1-2H3,(H,26,29). The molecule has 4 aromatic rings. The van der Waals surface area contributed by atoms with Gasteiger partial charge in [-0.1, -0.05) is 6.07 Å². The van der Waals surface area contributed by atoms with Crippen LogP contribution in [0.25, 0.3) is 5.69 Å². The molecule has 1 heterocycles. The van der Waals surface area contributed by atoms with Gasteiger partial charge < -0.3 is 10.1 Å². The second-order valence-electron chi connectivity index (χ2n) is 7.04. The molecule has 0 aliphatic rings. The molecule has 0 unspecified atom stereocenters. The smallest absolute Gasteiger partial charge is 0.264 e. The first-order valence-electron chi connectivity index (χ1n) is 9.88. The second-order valence-corrected chi connectivity index (χ2v) is 9.01. The van der Waals surface area contributed by atoms with E-state index >= 15 is 0 Å². The minimum atomic E-state index is -3.87. The van der Waals surface area contributed by atoms with Crippen LogP contribution in [0.1, 0.15) is 10.4 Å². The van der Waals surface area contributed by atoms with Crippen LogP contribution in [-0.2, 0) is 10.0 Å². The van der Waals surface area contributed by atoms with Crippen LogP contribution in [0, 0.1) is 0 Å². The fourth-order valence-electron chi connectivity index (χ4n) is 3.13. The number of aromatic nitrogens is 3. The van der Waals surface area contributed by atoms with Gasteiger partial charge in [-0.25, -0.2) is 18.1 Å². The highest BCUT2D eigenvalue weighted by Gasteiger charge is 2.22. The van der Waals surface area contributed by atoms with Crippen LogP contribution >= 0.6 is 0 Å². The molecule has 0 atom stereocenters. The quantitative estimate of drug-likeness (QED) is 0.451. The average molecular weight is 464 g/mol. The predicted octanol–water partition coefficient (Wildman–Crippen LogP) is 3.35. The van der Waals surface area contributed by atoms with Gasteiger partial charge in [-0.2, -0.15) is 5.10 Å². The van der Waals surface area contributed by atoms with E-state index in [2.05, 4.69) is 15.4 Å². The summed E-state index contributed by atoms with van der Waals surface area (Å²) in [6, 6.07) is 19.6. The van der Waals surface area contributed by atoms with Crippen LogP contribution in [0.4, 0.5) is 11.4 Å². The van der Waals surface area contributed by atoms with Gasteiger partial charge in [-0.3, -0.25) is 9.10 Å². The Morgan fingerprint density at radius 1 is 1.03 bits per heavy atom. The highest BCUT2D eigenvalue weighted by Crippen LogP contribution is 2.25. The molecule has 0 bridgehead atoms. The highest BCUT2D eigenvalue weighted by atomic mass is 32.2. The number of sulfonamides is 1. The maximum absolute atomic E-state index is 13.1. The minimum absolute atomic E-state index is 0.00926. The number of methoxy groups -OCH3 is 1. The number of amides is 1. The third-order valence-corrected chi connectivity index (χ3v) is 6.78. The molecule has 0 radical (unpaired) electrons. The van der Waals surface area contributed by atoms with E-state index in [0.717, 1.165) is 9.99 Å². The lowest BCUT2D eigenvalue weighted by atomic mass is 10.2. The zero-order valence-corrected chi connectivity index (χ0v) is 18.7. The Kier molecular flexibility index (Phi) is 6.09. The number of nitrogens with zero attached hydrogens (tertiary/aromatic N) is 4. The van der Waals surface area contributed by atoms with E-state index in [1.807, 2.05) is 0 Å². The fraction of sp³-hybridized carbons (Fsp3) is 0.0870. The first-order chi connectivity index (χ1) is 15.9. The molecular weight excluding hydrogens is 442 g/mol. The summed E-state index contributed by atoms with van der Waals surface area (Å²) in [6.07, 6.45) is 3.01. The van der Waals surface area contributed by atoms with Crippen LogP contribution in [0.5, 0.6) is 5.75 Å². The van der Waals surface area contributed by atoms with E-state index in [9.17, 15) is 13.2 Å². The summed E-state index contributed by atoms with van der Waals surface area (Å²) in [5.41, 5.74) is 2.05. The first-order valence-corrected chi connectivity index (χ1v) is 11.3. The Hall–Kier alpha value is -4.18. The van der Waals surface area contributed by atoms with Gasteiger partial charge in [0.05, 0.1) is 23.4 Å². The monoisotopic (exact) mass is 463 g/mol. The molecule has 1 N–H and O–H groups in total. The zero-order chi connectivity index (χ0) is 23.4. The normalized spacial score (nSPS) is 11.1. The topological polar surface area (TPSA) is 106 Å². The molecule has 0 fully saturated rings. The zero-order valence-electron chi connectivity index (χ0n) is 17.9. The molecule has 0 saturated carbocycles. The Morgan fingerprint density at radius 3 is 2.39 bits per heavy atom. The number of benzene rings is 3. The number of nitrogens with one attached hydrogen (secondary N) is 1. The molecule has 33 heavy (non-hydrogen) atoms. The molecular formula is C23H21N5O4S. The maximum Gasteiger partial charge on any atom is 0.264 e. The van der Waals surface area contributed by atoms with Gasteiger partial charge in [-0.05, 0) is 66.7 Å². The molecule has 4 rings (SSSR count). The van der Waals surface area contributed by atoms with Crippen molar-refractivity contribution in [3.8, 4) is 11.4 Å². The van der Waals surface area contributed by atoms with Gasteiger partial charge in [0.25, 0.3) is 15.9 Å². The number of carbonyl (C=O) groups is 1. The highest BCUT2D eigenvalue weighted by molar-refractivity contribution is 7.92. The molecule has 9 nitrogen and oxygen atoms in total. The summed E-state index contributed by atoms with van der Waals surface area (Å²) in [6.45, 7) is 0. The number of ether oxygens (including phenoxy) is 1. The molecule has 0 saturated heterocycles. The van der Waals surface area contributed by atoms with Crippen molar-refractivity contribution in [2.24, 2.45) is 0 Å². The molecule has 1 aromatic heterocycles. The van der Waals surface area contributed by atoms with E-state index in [0.29, 0.717) is 17.1 Å². The van der Waals surface area contributed by atoms with Gasteiger partial charge >= 0.3 is 0 Å². The maximum atomic E-state index is 13.1.